The van der Waals surface area contributed by atoms with Crippen molar-refractivity contribution >= 4 is 18.0 Å². The van der Waals surface area contributed by atoms with Crippen molar-refractivity contribution in [2.24, 2.45) is 17.6 Å². The summed E-state index contributed by atoms with van der Waals surface area (Å²) in [7, 11) is 0. The third-order valence-corrected chi connectivity index (χ3v) is 5.41. The molecule has 0 aliphatic carbocycles. The van der Waals surface area contributed by atoms with Crippen molar-refractivity contribution < 1.29 is 23.9 Å². The van der Waals surface area contributed by atoms with Gasteiger partial charge >= 0.3 is 12.1 Å². The zero-order valence-corrected chi connectivity index (χ0v) is 18.4. The number of nitrogens with zero attached hydrogens (tertiary/aromatic N) is 1. The quantitative estimate of drug-likeness (QED) is 0.736. The molecule has 1 aromatic rings. The third kappa shape index (κ3) is 7.04. The van der Waals surface area contributed by atoms with Gasteiger partial charge in [0.25, 0.3) is 0 Å². The molecule has 0 saturated carbocycles. The maximum Gasteiger partial charge on any atom is 0.410 e. The van der Waals surface area contributed by atoms with Gasteiger partial charge < -0.3 is 15.2 Å². The molecule has 7 heteroatoms. The average molecular weight is 419 g/mol. The summed E-state index contributed by atoms with van der Waals surface area (Å²) in [5, 5.41) is 0. The Morgan fingerprint density at radius 1 is 1.13 bits per heavy atom. The second kappa shape index (κ2) is 10.5. The molecule has 30 heavy (non-hydrogen) atoms. The van der Waals surface area contributed by atoms with Gasteiger partial charge in [-0.2, -0.15) is 0 Å². The van der Waals surface area contributed by atoms with E-state index >= 15 is 0 Å². The molecule has 1 fully saturated rings. The molecule has 1 saturated heterocycles. The van der Waals surface area contributed by atoms with Crippen LogP contribution in [0.2, 0.25) is 0 Å². The van der Waals surface area contributed by atoms with Crippen LogP contribution in [0.3, 0.4) is 0 Å². The lowest BCUT2D eigenvalue weighted by atomic mass is 9.83. The van der Waals surface area contributed by atoms with Gasteiger partial charge in [-0.15, -0.1) is 0 Å². The van der Waals surface area contributed by atoms with E-state index in [1.807, 2.05) is 58.0 Å². The van der Waals surface area contributed by atoms with E-state index in [0.717, 1.165) is 12.0 Å². The van der Waals surface area contributed by atoms with Crippen LogP contribution in [-0.4, -0.2) is 41.1 Å². The maximum absolute atomic E-state index is 12.7. The topological polar surface area (TPSA) is 98.9 Å². The Morgan fingerprint density at radius 2 is 1.80 bits per heavy atom. The van der Waals surface area contributed by atoms with Crippen LogP contribution in [-0.2, 0) is 25.7 Å². The van der Waals surface area contributed by atoms with Crippen molar-refractivity contribution in [3.8, 4) is 0 Å². The molecule has 7 nitrogen and oxygen atoms in total. The van der Waals surface area contributed by atoms with Crippen LogP contribution in [0, 0.1) is 11.8 Å². The van der Waals surface area contributed by atoms with Gasteiger partial charge in [0.05, 0.1) is 5.92 Å². The molecule has 1 aliphatic rings. The Labute approximate surface area is 178 Å². The molecule has 1 aromatic carbocycles. The number of ether oxygens (including phenoxy) is 2. The fourth-order valence-corrected chi connectivity index (χ4v) is 3.76. The number of likely N-dealkylation sites (tertiary alicyclic amines) is 1. The minimum atomic E-state index is -0.748. The zero-order valence-electron chi connectivity index (χ0n) is 18.4. The summed E-state index contributed by atoms with van der Waals surface area (Å²) in [6.07, 6.45) is 1.88. The first-order valence-corrected chi connectivity index (χ1v) is 10.6. The van der Waals surface area contributed by atoms with Gasteiger partial charge in [-0.05, 0) is 57.9 Å². The first-order valence-electron chi connectivity index (χ1n) is 10.6. The third-order valence-electron chi connectivity index (χ3n) is 5.41. The lowest BCUT2D eigenvalue weighted by Crippen LogP contribution is -2.49. The smallest absolute Gasteiger partial charge is 0.410 e. The number of hydrogen-bond acceptors (Lipinski definition) is 5. The Hall–Kier alpha value is -2.57. The first-order chi connectivity index (χ1) is 14.1. The van der Waals surface area contributed by atoms with Crippen LogP contribution < -0.4 is 5.73 Å². The first kappa shape index (κ1) is 23.7. The molecule has 2 rings (SSSR count). The van der Waals surface area contributed by atoms with E-state index in [2.05, 4.69) is 0 Å². The molecule has 1 heterocycles. The highest BCUT2D eigenvalue weighted by Gasteiger charge is 2.35. The molecule has 166 valence electrons. The summed E-state index contributed by atoms with van der Waals surface area (Å²) in [5.74, 6) is -1.00. The molecule has 3 atom stereocenters. The van der Waals surface area contributed by atoms with E-state index in [1.165, 1.54) is 4.90 Å². The second-order valence-electron chi connectivity index (χ2n) is 8.95. The normalized spacial score (nSPS) is 21.1. The van der Waals surface area contributed by atoms with Gasteiger partial charge in [-0.25, -0.2) is 4.79 Å². The summed E-state index contributed by atoms with van der Waals surface area (Å²) < 4.78 is 10.9. The van der Waals surface area contributed by atoms with Crippen LogP contribution in [0.4, 0.5) is 4.79 Å². The molecule has 0 spiro atoms. The number of amides is 2. The zero-order chi connectivity index (χ0) is 22.3. The predicted octanol–water partition coefficient (Wildman–Crippen LogP) is 3.65. The molecule has 1 aliphatic heterocycles. The number of esters is 1. The summed E-state index contributed by atoms with van der Waals surface area (Å²) in [6, 6.07) is 8.63. The Morgan fingerprint density at radius 3 is 2.40 bits per heavy atom. The Balaban J connectivity index is 2.00. The van der Waals surface area contributed by atoms with Gasteiger partial charge in [-0.1, -0.05) is 37.3 Å². The molecule has 3 unspecified atom stereocenters. The standard InChI is InChI=1S/C23H34N2O5/c1-16(21(27)30-23(2,3)4)18-11-8-14-25(19(13-12-18)20(24)26)22(28)29-15-17-9-6-5-7-10-17/h5-7,9-10,16,18-19H,8,11-15H2,1-4H3,(H2,24,26). The molecule has 0 aromatic heterocycles. The van der Waals surface area contributed by atoms with Crippen LogP contribution in [0.5, 0.6) is 0 Å². The predicted molar refractivity (Wildman–Crippen MR) is 113 cm³/mol. The molecule has 0 radical (unpaired) electrons. The minimum absolute atomic E-state index is 0.0733. The lowest BCUT2D eigenvalue weighted by molar-refractivity contribution is -0.161. The van der Waals surface area contributed by atoms with E-state index in [9.17, 15) is 14.4 Å². The van der Waals surface area contributed by atoms with Crippen molar-refractivity contribution in [1.82, 2.24) is 4.90 Å². The lowest BCUT2D eigenvalue weighted by Gasteiger charge is -2.34. The minimum Gasteiger partial charge on any atom is -0.460 e. The fourth-order valence-electron chi connectivity index (χ4n) is 3.76. The van der Waals surface area contributed by atoms with Crippen molar-refractivity contribution in [2.45, 2.75) is 71.6 Å². The van der Waals surface area contributed by atoms with E-state index in [-0.39, 0.29) is 24.4 Å². The maximum atomic E-state index is 12.7. The highest BCUT2D eigenvalue weighted by molar-refractivity contribution is 5.84. The number of carbonyl (C=O) groups is 3. The van der Waals surface area contributed by atoms with E-state index in [0.29, 0.717) is 25.8 Å². The molecule has 0 bridgehead atoms. The largest absolute Gasteiger partial charge is 0.460 e. The van der Waals surface area contributed by atoms with Crippen molar-refractivity contribution in [3.63, 3.8) is 0 Å². The number of carbonyl (C=O) groups excluding carboxylic acids is 3. The van der Waals surface area contributed by atoms with Crippen molar-refractivity contribution in [3.05, 3.63) is 35.9 Å². The summed E-state index contributed by atoms with van der Waals surface area (Å²) in [4.78, 5) is 38.6. The monoisotopic (exact) mass is 418 g/mol. The van der Waals surface area contributed by atoms with Gasteiger partial charge in [0, 0.05) is 6.54 Å². The molecular formula is C23H34N2O5. The van der Waals surface area contributed by atoms with E-state index < -0.39 is 23.6 Å². The van der Waals surface area contributed by atoms with Gasteiger partial charge in [0.15, 0.2) is 0 Å². The molecule has 2 N–H and O–H groups in total. The van der Waals surface area contributed by atoms with Crippen molar-refractivity contribution in [2.75, 3.05) is 6.54 Å². The van der Waals surface area contributed by atoms with Gasteiger partial charge in [0.1, 0.15) is 18.2 Å². The highest BCUT2D eigenvalue weighted by Crippen LogP contribution is 2.30. The Kier molecular flexibility index (Phi) is 8.26. The number of benzene rings is 1. The van der Waals surface area contributed by atoms with Crippen molar-refractivity contribution in [1.29, 1.82) is 0 Å². The second-order valence-corrected chi connectivity index (χ2v) is 8.95. The molecule has 2 amide bonds. The molecular weight excluding hydrogens is 384 g/mol. The number of primary amides is 1. The van der Waals surface area contributed by atoms with Crippen LogP contribution >= 0.6 is 0 Å². The number of hydrogen-bond donors (Lipinski definition) is 1. The highest BCUT2D eigenvalue weighted by atomic mass is 16.6. The summed E-state index contributed by atoms with van der Waals surface area (Å²) in [6.45, 7) is 7.90. The fraction of sp³-hybridized carbons (Fsp3) is 0.609. The van der Waals surface area contributed by atoms with Crippen LogP contribution in [0.25, 0.3) is 0 Å². The van der Waals surface area contributed by atoms with E-state index in [1.54, 1.807) is 0 Å². The van der Waals surface area contributed by atoms with Gasteiger partial charge in [0.2, 0.25) is 5.91 Å². The number of rotatable bonds is 5. The average Bonchev–Trinajstić information content (AvgIpc) is 2.65. The Bertz CT molecular complexity index is 729. The van der Waals surface area contributed by atoms with Gasteiger partial charge in [-0.3, -0.25) is 14.5 Å². The van der Waals surface area contributed by atoms with Crippen LogP contribution in [0.15, 0.2) is 30.3 Å². The summed E-state index contributed by atoms with van der Waals surface area (Å²) in [5.41, 5.74) is 5.94. The SMILES string of the molecule is CC(C(=O)OC(C)(C)C)C1CCCN(C(=O)OCc2ccccc2)C(C(N)=O)CC1. The summed E-state index contributed by atoms with van der Waals surface area (Å²) >= 11 is 0. The van der Waals surface area contributed by atoms with E-state index in [4.69, 9.17) is 15.2 Å². The number of nitrogens with two attached hydrogens (primary N) is 1. The van der Waals surface area contributed by atoms with Crippen LogP contribution in [0.1, 0.15) is 58.9 Å².